The van der Waals surface area contributed by atoms with Crippen molar-refractivity contribution in [2.75, 3.05) is 13.7 Å². The highest BCUT2D eigenvalue weighted by Gasteiger charge is 2.28. The van der Waals surface area contributed by atoms with Crippen LogP contribution in [0.2, 0.25) is 0 Å². The number of nitrogens with one attached hydrogen (secondary N) is 1. The molecule has 2 rings (SSSR count). The SMILES string of the molecule is COc1ccc(S(N)(=O)=O)cc1C(=O)OCC(=O)N[C@H]1CCC[C@H](C)[C@H]1C. The Balaban J connectivity index is 2.01. The molecule has 0 spiro atoms. The van der Waals surface area contributed by atoms with Crippen LogP contribution < -0.4 is 15.2 Å². The molecule has 0 unspecified atom stereocenters. The van der Waals surface area contributed by atoms with E-state index < -0.39 is 28.5 Å². The number of benzene rings is 1. The first kappa shape index (κ1) is 21.2. The summed E-state index contributed by atoms with van der Waals surface area (Å²) in [5, 5.41) is 7.99. The fourth-order valence-corrected chi connectivity index (χ4v) is 3.81. The van der Waals surface area contributed by atoms with E-state index in [1.54, 1.807) is 0 Å². The zero-order chi connectivity index (χ0) is 20.2. The molecule has 0 radical (unpaired) electrons. The minimum atomic E-state index is -3.99. The summed E-state index contributed by atoms with van der Waals surface area (Å²) in [6, 6.07) is 3.66. The molecule has 3 N–H and O–H groups in total. The molecule has 3 atom stereocenters. The summed E-state index contributed by atoms with van der Waals surface area (Å²) in [4.78, 5) is 24.2. The van der Waals surface area contributed by atoms with E-state index in [-0.39, 0.29) is 22.3 Å². The molecular weight excluding hydrogens is 372 g/mol. The summed E-state index contributed by atoms with van der Waals surface area (Å²) in [5.41, 5.74) is -0.114. The lowest BCUT2D eigenvalue weighted by molar-refractivity contribution is -0.125. The largest absolute Gasteiger partial charge is 0.496 e. The molecule has 150 valence electrons. The molecule has 9 heteroatoms. The number of rotatable bonds is 6. The third-order valence-electron chi connectivity index (χ3n) is 5.11. The lowest BCUT2D eigenvalue weighted by Gasteiger charge is -2.34. The van der Waals surface area contributed by atoms with Crippen molar-refractivity contribution in [3.63, 3.8) is 0 Å². The van der Waals surface area contributed by atoms with Gasteiger partial charge in [0.05, 0.1) is 12.0 Å². The van der Waals surface area contributed by atoms with Gasteiger partial charge in [0, 0.05) is 6.04 Å². The van der Waals surface area contributed by atoms with Crippen LogP contribution in [0.3, 0.4) is 0 Å². The van der Waals surface area contributed by atoms with Gasteiger partial charge in [0.1, 0.15) is 11.3 Å². The van der Waals surface area contributed by atoms with Crippen LogP contribution in [0, 0.1) is 11.8 Å². The van der Waals surface area contributed by atoms with Crippen LogP contribution in [0.4, 0.5) is 0 Å². The van der Waals surface area contributed by atoms with Crippen LogP contribution in [-0.4, -0.2) is 40.1 Å². The highest BCUT2D eigenvalue weighted by atomic mass is 32.2. The van der Waals surface area contributed by atoms with Gasteiger partial charge in [0.25, 0.3) is 5.91 Å². The first-order valence-electron chi connectivity index (χ1n) is 8.80. The quantitative estimate of drug-likeness (QED) is 0.699. The average Bonchev–Trinajstić information content (AvgIpc) is 2.62. The second-order valence-electron chi connectivity index (χ2n) is 6.92. The number of hydrogen-bond acceptors (Lipinski definition) is 6. The summed E-state index contributed by atoms with van der Waals surface area (Å²) in [5.74, 6) is -0.252. The van der Waals surface area contributed by atoms with Gasteiger partial charge in [-0.2, -0.15) is 0 Å². The maximum absolute atomic E-state index is 12.3. The van der Waals surface area contributed by atoms with Crippen LogP contribution in [0.25, 0.3) is 0 Å². The Kier molecular flexibility index (Phi) is 6.83. The third kappa shape index (κ3) is 5.43. The van der Waals surface area contributed by atoms with Gasteiger partial charge >= 0.3 is 5.97 Å². The number of esters is 1. The third-order valence-corrected chi connectivity index (χ3v) is 6.02. The van der Waals surface area contributed by atoms with Gasteiger partial charge in [-0.3, -0.25) is 4.79 Å². The number of amides is 1. The molecule has 0 bridgehead atoms. The molecule has 0 saturated heterocycles. The predicted molar refractivity (Wildman–Crippen MR) is 98.8 cm³/mol. The summed E-state index contributed by atoms with van der Waals surface area (Å²) in [6.07, 6.45) is 3.09. The first-order chi connectivity index (χ1) is 12.6. The molecule has 1 saturated carbocycles. The summed E-state index contributed by atoms with van der Waals surface area (Å²) in [7, 11) is -2.65. The molecule has 27 heavy (non-hydrogen) atoms. The molecule has 1 fully saturated rings. The fraction of sp³-hybridized carbons (Fsp3) is 0.556. The molecule has 1 amide bonds. The minimum absolute atomic E-state index is 0.0557. The van der Waals surface area contributed by atoms with Gasteiger partial charge in [-0.1, -0.05) is 26.7 Å². The topological polar surface area (TPSA) is 125 Å². The number of sulfonamides is 1. The summed E-state index contributed by atoms with van der Waals surface area (Å²) < 4.78 is 33.0. The van der Waals surface area contributed by atoms with Crippen LogP contribution in [0.5, 0.6) is 5.75 Å². The van der Waals surface area contributed by atoms with Gasteiger partial charge in [-0.25, -0.2) is 18.4 Å². The molecular formula is C18H26N2O6S. The first-order valence-corrected chi connectivity index (χ1v) is 10.4. The van der Waals surface area contributed by atoms with Crippen molar-refractivity contribution in [1.82, 2.24) is 5.32 Å². The number of methoxy groups -OCH3 is 1. The van der Waals surface area contributed by atoms with Crippen molar-refractivity contribution in [3.8, 4) is 5.75 Å². The normalized spacial score (nSPS) is 22.7. The Morgan fingerprint density at radius 1 is 1.26 bits per heavy atom. The van der Waals surface area contributed by atoms with E-state index in [2.05, 4.69) is 19.2 Å². The van der Waals surface area contributed by atoms with Crippen LogP contribution in [0.15, 0.2) is 23.1 Å². The van der Waals surface area contributed by atoms with E-state index in [0.29, 0.717) is 11.8 Å². The summed E-state index contributed by atoms with van der Waals surface area (Å²) in [6.45, 7) is 3.80. The molecule has 1 aliphatic carbocycles. The zero-order valence-electron chi connectivity index (χ0n) is 15.7. The van der Waals surface area contributed by atoms with Crippen LogP contribution in [0.1, 0.15) is 43.5 Å². The van der Waals surface area contributed by atoms with E-state index in [0.717, 1.165) is 25.3 Å². The van der Waals surface area contributed by atoms with Crippen molar-refractivity contribution in [3.05, 3.63) is 23.8 Å². The second kappa shape index (κ2) is 8.71. The molecule has 1 aromatic carbocycles. The molecule has 0 aliphatic heterocycles. The maximum Gasteiger partial charge on any atom is 0.342 e. The standard InChI is InChI=1S/C18H26N2O6S/c1-11-5-4-6-15(12(11)2)20-17(21)10-26-18(22)14-9-13(27(19,23)24)7-8-16(14)25-3/h7-9,11-12,15H,4-6,10H2,1-3H3,(H,20,21)(H2,19,23,24)/t11-,12+,15-/m0/s1. The second-order valence-corrected chi connectivity index (χ2v) is 8.49. The van der Waals surface area contributed by atoms with Gasteiger partial charge in [-0.05, 0) is 36.5 Å². The molecule has 8 nitrogen and oxygen atoms in total. The average molecular weight is 398 g/mol. The zero-order valence-corrected chi connectivity index (χ0v) is 16.5. The van der Waals surface area contributed by atoms with Gasteiger partial charge in [0.15, 0.2) is 6.61 Å². The summed E-state index contributed by atoms with van der Waals surface area (Å²) >= 11 is 0. The number of carbonyl (C=O) groups is 2. The van der Waals surface area contributed by atoms with Crippen LogP contribution >= 0.6 is 0 Å². The number of ether oxygens (including phenoxy) is 2. The Labute approximate surface area is 159 Å². The van der Waals surface area contributed by atoms with Gasteiger partial charge in [-0.15, -0.1) is 0 Å². The van der Waals surface area contributed by atoms with Crippen molar-refractivity contribution in [1.29, 1.82) is 0 Å². The molecule has 1 aromatic rings. The lowest BCUT2D eigenvalue weighted by Crippen LogP contribution is -2.45. The highest BCUT2D eigenvalue weighted by molar-refractivity contribution is 7.89. The maximum atomic E-state index is 12.3. The fourth-order valence-electron chi connectivity index (χ4n) is 3.27. The Morgan fingerprint density at radius 2 is 1.96 bits per heavy atom. The smallest absolute Gasteiger partial charge is 0.342 e. The monoisotopic (exact) mass is 398 g/mol. The Bertz CT molecular complexity index is 808. The van der Waals surface area contributed by atoms with Gasteiger partial charge in [0.2, 0.25) is 10.0 Å². The van der Waals surface area contributed by atoms with E-state index in [4.69, 9.17) is 14.6 Å². The minimum Gasteiger partial charge on any atom is -0.496 e. The van der Waals surface area contributed by atoms with Crippen molar-refractivity contribution < 1.29 is 27.5 Å². The van der Waals surface area contributed by atoms with Crippen molar-refractivity contribution >= 4 is 21.9 Å². The number of nitrogens with two attached hydrogens (primary N) is 1. The van der Waals surface area contributed by atoms with E-state index in [1.165, 1.54) is 19.2 Å². The molecule has 0 aromatic heterocycles. The predicted octanol–water partition coefficient (Wildman–Crippen LogP) is 1.44. The van der Waals surface area contributed by atoms with Crippen molar-refractivity contribution in [2.45, 2.75) is 44.0 Å². The molecule has 1 aliphatic rings. The Morgan fingerprint density at radius 3 is 2.59 bits per heavy atom. The van der Waals surface area contributed by atoms with E-state index in [9.17, 15) is 18.0 Å². The number of carbonyl (C=O) groups excluding carboxylic acids is 2. The lowest BCUT2D eigenvalue weighted by atomic mass is 9.78. The van der Waals surface area contributed by atoms with E-state index in [1.807, 2.05) is 0 Å². The number of hydrogen-bond donors (Lipinski definition) is 2. The Hall–Kier alpha value is -2.13. The molecule has 0 heterocycles. The highest BCUT2D eigenvalue weighted by Crippen LogP contribution is 2.29. The van der Waals surface area contributed by atoms with Gasteiger partial charge < -0.3 is 14.8 Å². The van der Waals surface area contributed by atoms with Crippen molar-refractivity contribution in [2.24, 2.45) is 17.0 Å². The number of primary sulfonamides is 1. The van der Waals surface area contributed by atoms with E-state index >= 15 is 0 Å². The van der Waals surface area contributed by atoms with Crippen LogP contribution in [-0.2, 0) is 19.6 Å².